The Labute approximate surface area is 104 Å². The van der Waals surface area contributed by atoms with Gasteiger partial charge in [-0.15, -0.1) is 0 Å². The highest BCUT2D eigenvalue weighted by molar-refractivity contribution is 5.20. The second kappa shape index (κ2) is 7.45. The third-order valence-corrected chi connectivity index (χ3v) is 2.92. The van der Waals surface area contributed by atoms with Gasteiger partial charge in [0.25, 0.3) is 0 Å². The van der Waals surface area contributed by atoms with Gasteiger partial charge in [0, 0.05) is 24.9 Å². The van der Waals surface area contributed by atoms with Gasteiger partial charge in [0.05, 0.1) is 18.8 Å². The van der Waals surface area contributed by atoms with Crippen molar-refractivity contribution in [1.29, 1.82) is 0 Å². The first-order valence-corrected chi connectivity index (χ1v) is 6.50. The van der Waals surface area contributed by atoms with Crippen molar-refractivity contribution in [3.8, 4) is 0 Å². The maximum atomic E-state index is 5.66. The minimum absolute atomic E-state index is 0.259. The van der Waals surface area contributed by atoms with E-state index in [1.165, 1.54) is 11.3 Å². The molecule has 1 heterocycles. The van der Waals surface area contributed by atoms with Crippen LogP contribution in [0.3, 0.4) is 0 Å². The number of aromatic nitrogens is 2. The molecule has 0 fully saturated rings. The van der Waals surface area contributed by atoms with Gasteiger partial charge < -0.3 is 10.1 Å². The summed E-state index contributed by atoms with van der Waals surface area (Å²) in [6, 6.07) is 0.259. The van der Waals surface area contributed by atoms with E-state index in [4.69, 9.17) is 4.74 Å². The van der Waals surface area contributed by atoms with E-state index in [-0.39, 0.29) is 6.04 Å². The van der Waals surface area contributed by atoms with E-state index in [9.17, 15) is 0 Å². The van der Waals surface area contributed by atoms with Crippen molar-refractivity contribution in [2.24, 2.45) is 7.05 Å². The Hall–Kier alpha value is -0.870. The fraction of sp³-hybridized carbons (Fsp3) is 0.769. The lowest BCUT2D eigenvalue weighted by atomic mass is 10.1. The van der Waals surface area contributed by atoms with Gasteiger partial charge in [-0.1, -0.05) is 13.8 Å². The van der Waals surface area contributed by atoms with Gasteiger partial charge >= 0.3 is 0 Å². The summed E-state index contributed by atoms with van der Waals surface area (Å²) in [6.45, 7) is 8.96. The molecule has 0 aromatic carbocycles. The molecule has 0 aliphatic rings. The number of ether oxygens (including phenoxy) is 1. The van der Waals surface area contributed by atoms with Crippen molar-refractivity contribution in [3.05, 3.63) is 17.5 Å². The third kappa shape index (κ3) is 4.13. The predicted molar refractivity (Wildman–Crippen MR) is 70.1 cm³/mol. The number of rotatable bonds is 8. The Morgan fingerprint density at radius 1 is 1.41 bits per heavy atom. The molecule has 0 aliphatic carbocycles. The summed E-state index contributed by atoms with van der Waals surface area (Å²) in [5, 5.41) is 7.81. The Balaban J connectivity index is 2.64. The maximum absolute atomic E-state index is 5.66. The molecule has 1 atom stereocenters. The van der Waals surface area contributed by atoms with Crippen LogP contribution in [0, 0.1) is 6.92 Å². The molecule has 0 radical (unpaired) electrons. The van der Waals surface area contributed by atoms with Gasteiger partial charge in [-0.05, 0) is 26.3 Å². The summed E-state index contributed by atoms with van der Waals surface area (Å²) < 4.78 is 7.57. The highest BCUT2D eigenvalue weighted by Gasteiger charge is 2.15. The minimum Gasteiger partial charge on any atom is -0.379 e. The Bertz CT molecular complexity index is 322. The number of hydrogen-bond donors (Lipinski definition) is 1. The van der Waals surface area contributed by atoms with Gasteiger partial charge in [-0.25, -0.2) is 0 Å². The van der Waals surface area contributed by atoms with Gasteiger partial charge in [0.1, 0.15) is 0 Å². The largest absolute Gasteiger partial charge is 0.379 e. The summed E-state index contributed by atoms with van der Waals surface area (Å²) >= 11 is 0. The van der Waals surface area contributed by atoms with Crippen LogP contribution < -0.4 is 5.32 Å². The Morgan fingerprint density at radius 2 is 2.18 bits per heavy atom. The fourth-order valence-corrected chi connectivity index (χ4v) is 1.78. The smallest absolute Gasteiger partial charge is 0.0662 e. The second-order valence-electron chi connectivity index (χ2n) is 4.39. The predicted octanol–water partition coefficient (Wildman–Crippen LogP) is 2.20. The van der Waals surface area contributed by atoms with E-state index in [2.05, 4.69) is 31.2 Å². The average Bonchev–Trinajstić information content (AvgIpc) is 2.65. The molecule has 0 aliphatic heterocycles. The quantitative estimate of drug-likeness (QED) is 0.707. The molecule has 0 saturated carbocycles. The minimum atomic E-state index is 0.259. The molecule has 1 rings (SSSR count). The van der Waals surface area contributed by atoms with Crippen LogP contribution in [0.4, 0.5) is 0 Å². The molecule has 0 amide bonds. The highest BCUT2D eigenvalue weighted by Crippen LogP contribution is 2.17. The zero-order valence-corrected chi connectivity index (χ0v) is 11.5. The lowest BCUT2D eigenvalue weighted by Gasteiger charge is -2.18. The molecule has 4 heteroatoms. The summed E-state index contributed by atoms with van der Waals surface area (Å²) in [6.07, 6.45) is 4.13. The van der Waals surface area contributed by atoms with Gasteiger partial charge in [-0.2, -0.15) is 5.10 Å². The van der Waals surface area contributed by atoms with Crippen molar-refractivity contribution < 1.29 is 4.74 Å². The van der Waals surface area contributed by atoms with Crippen molar-refractivity contribution >= 4 is 0 Å². The van der Waals surface area contributed by atoms with Crippen molar-refractivity contribution in [1.82, 2.24) is 15.1 Å². The normalized spacial score (nSPS) is 12.9. The zero-order valence-electron chi connectivity index (χ0n) is 11.5. The van der Waals surface area contributed by atoms with Crippen molar-refractivity contribution in [2.45, 2.75) is 39.7 Å². The summed E-state index contributed by atoms with van der Waals surface area (Å²) in [7, 11) is 1.97. The van der Waals surface area contributed by atoms with Crippen molar-refractivity contribution in [3.63, 3.8) is 0 Å². The molecule has 1 aromatic heterocycles. The standard InChI is InChI=1S/C13H25N3O/c1-5-7-14-13(10-17-8-6-2)12-9-15-16(4)11(12)3/h9,13-14H,5-8,10H2,1-4H3. The van der Waals surface area contributed by atoms with E-state index in [1.54, 1.807) is 0 Å². The van der Waals surface area contributed by atoms with Crippen LogP contribution in [0.1, 0.15) is 44.0 Å². The van der Waals surface area contributed by atoms with Crippen LogP contribution >= 0.6 is 0 Å². The number of nitrogens with zero attached hydrogens (tertiary/aromatic N) is 2. The van der Waals surface area contributed by atoms with Gasteiger partial charge in [0.2, 0.25) is 0 Å². The fourth-order valence-electron chi connectivity index (χ4n) is 1.78. The van der Waals surface area contributed by atoms with Crippen LogP contribution in [0.15, 0.2) is 6.20 Å². The molecule has 4 nitrogen and oxygen atoms in total. The molecular formula is C13H25N3O. The Morgan fingerprint density at radius 3 is 2.71 bits per heavy atom. The number of nitrogens with one attached hydrogen (secondary N) is 1. The lowest BCUT2D eigenvalue weighted by molar-refractivity contribution is 0.112. The van der Waals surface area contributed by atoms with E-state index >= 15 is 0 Å². The molecular weight excluding hydrogens is 214 g/mol. The molecule has 1 N–H and O–H groups in total. The monoisotopic (exact) mass is 239 g/mol. The summed E-state index contributed by atoms with van der Waals surface area (Å²) in [5.74, 6) is 0. The number of hydrogen-bond acceptors (Lipinski definition) is 3. The molecule has 1 aromatic rings. The second-order valence-corrected chi connectivity index (χ2v) is 4.39. The highest BCUT2D eigenvalue weighted by atomic mass is 16.5. The molecule has 17 heavy (non-hydrogen) atoms. The van der Waals surface area contributed by atoms with E-state index in [0.29, 0.717) is 0 Å². The first-order chi connectivity index (χ1) is 8.20. The molecule has 98 valence electrons. The lowest BCUT2D eigenvalue weighted by Crippen LogP contribution is -2.27. The van der Waals surface area contributed by atoms with Crippen molar-refractivity contribution in [2.75, 3.05) is 19.8 Å². The van der Waals surface area contributed by atoms with Crippen LogP contribution in [-0.4, -0.2) is 29.5 Å². The molecule has 0 saturated heterocycles. The van der Waals surface area contributed by atoms with Crippen LogP contribution in [0.25, 0.3) is 0 Å². The first kappa shape index (κ1) is 14.2. The third-order valence-electron chi connectivity index (χ3n) is 2.92. The van der Waals surface area contributed by atoms with Crippen LogP contribution in [-0.2, 0) is 11.8 Å². The molecule has 1 unspecified atom stereocenters. The van der Waals surface area contributed by atoms with E-state index in [1.807, 2.05) is 17.9 Å². The number of aryl methyl sites for hydroxylation is 1. The topological polar surface area (TPSA) is 39.1 Å². The van der Waals surface area contributed by atoms with E-state index < -0.39 is 0 Å². The SMILES string of the molecule is CCCNC(COCCC)c1cnn(C)c1C. The maximum Gasteiger partial charge on any atom is 0.0662 e. The van der Waals surface area contributed by atoms with Gasteiger partial charge in [0.15, 0.2) is 0 Å². The van der Waals surface area contributed by atoms with Crippen LogP contribution in [0.2, 0.25) is 0 Å². The van der Waals surface area contributed by atoms with Crippen LogP contribution in [0.5, 0.6) is 0 Å². The average molecular weight is 239 g/mol. The molecule has 0 bridgehead atoms. The Kier molecular flexibility index (Phi) is 6.22. The molecule has 0 spiro atoms. The summed E-state index contributed by atoms with van der Waals surface area (Å²) in [4.78, 5) is 0. The summed E-state index contributed by atoms with van der Waals surface area (Å²) in [5.41, 5.74) is 2.45. The van der Waals surface area contributed by atoms with E-state index in [0.717, 1.165) is 32.6 Å². The van der Waals surface area contributed by atoms with Gasteiger partial charge in [-0.3, -0.25) is 4.68 Å². The zero-order chi connectivity index (χ0) is 12.7. The first-order valence-electron chi connectivity index (χ1n) is 6.50.